The van der Waals surface area contributed by atoms with Gasteiger partial charge in [0.1, 0.15) is 0 Å². The Morgan fingerprint density at radius 3 is 2.24 bits per heavy atom. The molecule has 1 aliphatic carbocycles. The monoisotopic (exact) mass is 278 g/mol. The molecule has 0 amide bonds. The molecule has 0 unspecified atom stereocenters. The molecule has 2 aromatic carbocycles. The Morgan fingerprint density at radius 1 is 0.952 bits per heavy atom. The summed E-state index contributed by atoms with van der Waals surface area (Å²) in [7, 11) is 0. The lowest BCUT2D eigenvalue weighted by atomic mass is 9.74. The minimum Gasteiger partial charge on any atom is -0.388 e. The van der Waals surface area contributed by atoms with Gasteiger partial charge in [-0.1, -0.05) is 72.8 Å². The van der Waals surface area contributed by atoms with E-state index >= 15 is 0 Å². The first-order valence-electron chi connectivity index (χ1n) is 7.75. The molecule has 0 aromatic heterocycles. The summed E-state index contributed by atoms with van der Waals surface area (Å²) >= 11 is 0. The first-order valence-corrected chi connectivity index (χ1v) is 7.75. The molecular formula is C20H22O. The van der Waals surface area contributed by atoms with Crippen LogP contribution in [-0.4, -0.2) is 5.11 Å². The van der Waals surface area contributed by atoms with Crippen LogP contribution in [0.4, 0.5) is 0 Å². The Labute approximate surface area is 127 Å². The van der Waals surface area contributed by atoms with Gasteiger partial charge in [-0.2, -0.15) is 0 Å². The van der Waals surface area contributed by atoms with Crippen LogP contribution in [0.25, 0.3) is 0 Å². The normalized spacial score (nSPS) is 22.3. The maximum Gasteiger partial charge on any atom is 0.0880 e. The van der Waals surface area contributed by atoms with Crippen molar-refractivity contribution in [3.8, 4) is 0 Å². The molecule has 0 radical (unpaired) electrons. The third kappa shape index (κ3) is 3.08. The number of aliphatic hydroxyl groups excluding tert-OH is 1. The minimum absolute atomic E-state index is 0.114. The predicted octanol–water partition coefficient (Wildman–Crippen LogP) is 4.69. The van der Waals surface area contributed by atoms with Gasteiger partial charge < -0.3 is 5.11 Å². The summed E-state index contributed by atoms with van der Waals surface area (Å²) in [6.07, 6.45) is 8.15. The van der Waals surface area contributed by atoms with Crippen LogP contribution in [0.3, 0.4) is 0 Å². The SMILES string of the molecule is O[C@@H](c1ccccc1)[C@@]1(CCc2ccccc2)C=CCC1. The van der Waals surface area contributed by atoms with E-state index in [9.17, 15) is 5.11 Å². The van der Waals surface area contributed by atoms with Crippen LogP contribution in [0.5, 0.6) is 0 Å². The lowest BCUT2D eigenvalue weighted by Gasteiger charge is -2.33. The molecule has 0 aliphatic heterocycles. The van der Waals surface area contributed by atoms with Gasteiger partial charge in [-0.15, -0.1) is 0 Å². The molecule has 1 N–H and O–H groups in total. The van der Waals surface area contributed by atoms with Crippen LogP contribution in [0.15, 0.2) is 72.8 Å². The third-order valence-corrected chi connectivity index (χ3v) is 4.61. The van der Waals surface area contributed by atoms with E-state index in [1.165, 1.54) is 5.56 Å². The Bertz CT molecular complexity index is 588. The zero-order valence-electron chi connectivity index (χ0n) is 12.3. The van der Waals surface area contributed by atoms with Gasteiger partial charge in [0.15, 0.2) is 0 Å². The smallest absolute Gasteiger partial charge is 0.0880 e. The number of aliphatic hydroxyl groups is 1. The Hall–Kier alpha value is -1.86. The quantitative estimate of drug-likeness (QED) is 0.787. The lowest BCUT2D eigenvalue weighted by Crippen LogP contribution is -2.25. The average molecular weight is 278 g/mol. The Balaban J connectivity index is 1.78. The van der Waals surface area contributed by atoms with Gasteiger partial charge in [-0.3, -0.25) is 0 Å². The van der Waals surface area contributed by atoms with Gasteiger partial charge in [0, 0.05) is 5.41 Å². The molecule has 2 aromatic rings. The molecule has 3 rings (SSSR count). The number of benzene rings is 2. The molecule has 2 atom stereocenters. The predicted molar refractivity (Wildman–Crippen MR) is 87.0 cm³/mol. The minimum atomic E-state index is -0.416. The topological polar surface area (TPSA) is 20.2 Å². The van der Waals surface area contributed by atoms with Gasteiger partial charge in [0.05, 0.1) is 6.10 Å². The second kappa shape index (κ2) is 6.28. The van der Waals surface area contributed by atoms with E-state index in [2.05, 4.69) is 36.4 Å². The zero-order valence-corrected chi connectivity index (χ0v) is 12.3. The standard InChI is InChI=1S/C20H22O/c21-19(18-11-5-2-6-12-18)20(14-7-8-15-20)16-13-17-9-3-1-4-10-17/h1-7,9-12,14,19,21H,8,13,15-16H2/t19-,20-/m0/s1. The van der Waals surface area contributed by atoms with Crippen molar-refractivity contribution in [1.82, 2.24) is 0 Å². The molecule has 0 spiro atoms. The first kappa shape index (κ1) is 14.1. The Morgan fingerprint density at radius 2 is 1.62 bits per heavy atom. The average Bonchev–Trinajstić information content (AvgIpc) is 3.04. The van der Waals surface area contributed by atoms with Crippen molar-refractivity contribution in [2.24, 2.45) is 5.41 Å². The van der Waals surface area contributed by atoms with Crippen molar-refractivity contribution in [3.63, 3.8) is 0 Å². The van der Waals surface area contributed by atoms with Gasteiger partial charge >= 0.3 is 0 Å². The van der Waals surface area contributed by atoms with Crippen molar-refractivity contribution in [2.75, 3.05) is 0 Å². The molecule has 1 heteroatoms. The number of allylic oxidation sites excluding steroid dienone is 1. The fourth-order valence-corrected chi connectivity index (χ4v) is 3.32. The molecule has 0 bridgehead atoms. The molecule has 1 aliphatic rings. The third-order valence-electron chi connectivity index (χ3n) is 4.61. The number of rotatable bonds is 5. The number of hydrogen-bond acceptors (Lipinski definition) is 1. The molecule has 0 saturated carbocycles. The van der Waals surface area contributed by atoms with Crippen molar-refractivity contribution < 1.29 is 5.11 Å². The maximum absolute atomic E-state index is 10.9. The van der Waals surface area contributed by atoms with E-state index in [4.69, 9.17) is 0 Å². The molecule has 1 nitrogen and oxygen atoms in total. The molecular weight excluding hydrogens is 256 g/mol. The van der Waals surface area contributed by atoms with Crippen LogP contribution in [-0.2, 0) is 6.42 Å². The summed E-state index contributed by atoms with van der Waals surface area (Å²) in [6.45, 7) is 0. The van der Waals surface area contributed by atoms with E-state index in [-0.39, 0.29) is 5.41 Å². The van der Waals surface area contributed by atoms with Crippen LogP contribution in [0.1, 0.15) is 36.5 Å². The molecule has 108 valence electrons. The number of hydrogen-bond donors (Lipinski definition) is 1. The summed E-state index contributed by atoms with van der Waals surface area (Å²) in [6, 6.07) is 20.6. The van der Waals surface area contributed by atoms with Crippen LogP contribution in [0, 0.1) is 5.41 Å². The summed E-state index contributed by atoms with van der Waals surface area (Å²) < 4.78 is 0. The van der Waals surface area contributed by atoms with Crippen molar-refractivity contribution in [2.45, 2.75) is 31.8 Å². The lowest BCUT2D eigenvalue weighted by molar-refractivity contribution is 0.0509. The summed E-state index contributed by atoms with van der Waals surface area (Å²) in [5.41, 5.74) is 2.26. The second-order valence-corrected chi connectivity index (χ2v) is 5.97. The molecule has 0 fully saturated rings. The summed E-state index contributed by atoms with van der Waals surface area (Å²) in [5.74, 6) is 0. The van der Waals surface area contributed by atoms with Gasteiger partial charge in [0.25, 0.3) is 0 Å². The highest BCUT2D eigenvalue weighted by molar-refractivity contribution is 5.25. The van der Waals surface area contributed by atoms with Gasteiger partial charge in [-0.25, -0.2) is 0 Å². The van der Waals surface area contributed by atoms with Gasteiger partial charge in [-0.05, 0) is 36.8 Å². The van der Waals surface area contributed by atoms with Crippen molar-refractivity contribution >= 4 is 0 Å². The van der Waals surface area contributed by atoms with Crippen LogP contribution >= 0.6 is 0 Å². The van der Waals surface area contributed by atoms with E-state index in [0.717, 1.165) is 31.2 Å². The van der Waals surface area contributed by atoms with E-state index in [0.29, 0.717) is 0 Å². The largest absolute Gasteiger partial charge is 0.388 e. The van der Waals surface area contributed by atoms with Gasteiger partial charge in [0.2, 0.25) is 0 Å². The van der Waals surface area contributed by atoms with Crippen molar-refractivity contribution in [1.29, 1.82) is 0 Å². The first-order chi connectivity index (χ1) is 10.3. The molecule has 0 saturated heterocycles. The highest BCUT2D eigenvalue weighted by atomic mass is 16.3. The maximum atomic E-state index is 10.9. The van der Waals surface area contributed by atoms with Crippen LogP contribution in [0.2, 0.25) is 0 Å². The fraction of sp³-hybridized carbons (Fsp3) is 0.300. The fourth-order valence-electron chi connectivity index (χ4n) is 3.32. The summed E-state index contributed by atoms with van der Waals surface area (Å²) in [4.78, 5) is 0. The van der Waals surface area contributed by atoms with Crippen molar-refractivity contribution in [3.05, 3.63) is 83.9 Å². The van der Waals surface area contributed by atoms with E-state index < -0.39 is 6.10 Å². The highest BCUT2D eigenvalue weighted by Gasteiger charge is 2.37. The molecule has 0 heterocycles. The van der Waals surface area contributed by atoms with E-state index in [1.54, 1.807) is 0 Å². The summed E-state index contributed by atoms with van der Waals surface area (Å²) in [5, 5.41) is 10.9. The second-order valence-electron chi connectivity index (χ2n) is 5.97. The van der Waals surface area contributed by atoms with Crippen LogP contribution < -0.4 is 0 Å². The number of aryl methyl sites for hydroxylation is 1. The Kier molecular flexibility index (Phi) is 4.21. The molecule has 21 heavy (non-hydrogen) atoms. The van der Waals surface area contributed by atoms with E-state index in [1.807, 2.05) is 36.4 Å². The highest BCUT2D eigenvalue weighted by Crippen LogP contribution is 2.46. The zero-order chi connectivity index (χ0) is 14.5.